The van der Waals surface area contributed by atoms with Crippen LogP contribution in [-0.4, -0.2) is 0 Å². The molecule has 1 atom stereocenters. The molecular weight excluding hydrogens is 382 g/mol. The topological polar surface area (TPSA) is 35.8 Å². The van der Waals surface area contributed by atoms with Crippen LogP contribution in [0, 0.1) is 28.8 Å². The first-order valence-electron chi connectivity index (χ1n) is 7.92. The molecule has 0 heterocycles. The largest absolute Gasteiger partial charge is 0.416 e. The van der Waals surface area contributed by atoms with Crippen LogP contribution < -0.4 is 5.32 Å². The lowest BCUT2D eigenvalue weighted by Crippen LogP contribution is -2.13. The molecule has 0 saturated heterocycles. The van der Waals surface area contributed by atoms with Gasteiger partial charge in [0.1, 0.15) is 11.9 Å². The maximum absolute atomic E-state index is 13.9. The third-order valence-electron chi connectivity index (χ3n) is 4.00. The van der Waals surface area contributed by atoms with Gasteiger partial charge in [0, 0.05) is 23.9 Å². The summed E-state index contributed by atoms with van der Waals surface area (Å²) in [5.41, 5.74) is -0.990. The van der Waals surface area contributed by atoms with Gasteiger partial charge in [-0.2, -0.15) is 18.4 Å². The lowest BCUT2D eigenvalue weighted by atomic mass is 10.00. The van der Waals surface area contributed by atoms with E-state index in [1.165, 1.54) is 18.3 Å². The van der Waals surface area contributed by atoms with E-state index in [1.807, 2.05) is 0 Å². The minimum Gasteiger partial charge on any atom is -0.383 e. The van der Waals surface area contributed by atoms with Crippen molar-refractivity contribution < 1.29 is 26.3 Å². The number of benzene rings is 2. The summed E-state index contributed by atoms with van der Waals surface area (Å²) in [5.74, 6) is -3.74. The predicted octanol–water partition coefficient (Wildman–Crippen LogP) is 5.89. The van der Waals surface area contributed by atoms with Gasteiger partial charge in [0.15, 0.2) is 11.6 Å². The Morgan fingerprint density at radius 3 is 2.18 bits per heavy atom. The van der Waals surface area contributed by atoms with Crippen LogP contribution in [0.2, 0.25) is 0 Å². The molecule has 0 aromatic heterocycles. The van der Waals surface area contributed by atoms with Gasteiger partial charge in [0.25, 0.3) is 0 Å². The quantitative estimate of drug-likeness (QED) is 0.296. The summed E-state index contributed by atoms with van der Waals surface area (Å²) in [5, 5.41) is 12.0. The SMILES string of the molecule is C=C(/C(C#N)=C/NC(C)c1ccc(C(F)(F)F)cc1)c1cc(F)c(F)cc1F. The molecule has 0 radical (unpaired) electrons. The van der Waals surface area contributed by atoms with Crippen molar-refractivity contribution in [1.29, 1.82) is 5.26 Å². The Labute approximate surface area is 157 Å². The molecule has 0 aliphatic carbocycles. The Kier molecular flexibility index (Phi) is 6.19. The highest BCUT2D eigenvalue weighted by atomic mass is 19.4. The molecule has 1 unspecified atom stereocenters. The van der Waals surface area contributed by atoms with E-state index in [1.54, 1.807) is 13.0 Å². The first-order chi connectivity index (χ1) is 13.0. The van der Waals surface area contributed by atoms with E-state index < -0.39 is 35.2 Å². The summed E-state index contributed by atoms with van der Waals surface area (Å²) in [4.78, 5) is 0. The van der Waals surface area contributed by atoms with Crippen molar-refractivity contribution in [1.82, 2.24) is 5.32 Å². The highest BCUT2D eigenvalue weighted by Gasteiger charge is 2.30. The Hall–Kier alpha value is -3.21. The fraction of sp³-hybridized carbons (Fsp3) is 0.150. The highest BCUT2D eigenvalue weighted by molar-refractivity contribution is 5.81. The molecule has 0 amide bonds. The number of hydrogen-bond acceptors (Lipinski definition) is 2. The molecule has 146 valence electrons. The molecule has 28 heavy (non-hydrogen) atoms. The molecule has 0 aliphatic rings. The van der Waals surface area contributed by atoms with E-state index in [-0.39, 0.29) is 16.7 Å². The fourth-order valence-electron chi connectivity index (χ4n) is 2.35. The highest BCUT2D eigenvalue weighted by Crippen LogP contribution is 2.30. The van der Waals surface area contributed by atoms with Crippen molar-refractivity contribution >= 4 is 5.57 Å². The van der Waals surface area contributed by atoms with Crippen molar-refractivity contribution in [3.63, 3.8) is 0 Å². The van der Waals surface area contributed by atoms with Crippen LogP contribution in [0.5, 0.6) is 0 Å². The predicted molar refractivity (Wildman–Crippen MR) is 92.0 cm³/mol. The second kappa shape index (κ2) is 8.21. The molecular formula is C20H14F6N2. The number of halogens is 6. The third kappa shape index (κ3) is 4.74. The number of alkyl halides is 3. The number of hydrogen-bond donors (Lipinski definition) is 1. The Morgan fingerprint density at radius 2 is 1.64 bits per heavy atom. The van der Waals surface area contributed by atoms with Crippen LogP contribution in [-0.2, 0) is 6.18 Å². The molecule has 2 aromatic carbocycles. The van der Waals surface area contributed by atoms with Crippen molar-refractivity contribution in [2.45, 2.75) is 19.1 Å². The summed E-state index contributed by atoms with van der Waals surface area (Å²) in [6, 6.07) is 6.64. The van der Waals surface area contributed by atoms with E-state index in [2.05, 4.69) is 11.9 Å². The van der Waals surface area contributed by atoms with Gasteiger partial charge in [-0.15, -0.1) is 0 Å². The standard InChI is InChI=1S/C20H14F6N2/c1-11(16-7-18(22)19(23)8-17(16)21)14(9-27)10-28-12(2)13-3-5-15(6-4-13)20(24,25)26/h3-8,10,12,28H,1H2,2H3/b14-10+. The summed E-state index contributed by atoms with van der Waals surface area (Å²) < 4.78 is 78.1. The molecule has 0 saturated carbocycles. The van der Waals surface area contributed by atoms with Gasteiger partial charge in [-0.3, -0.25) is 0 Å². The average molecular weight is 396 g/mol. The van der Waals surface area contributed by atoms with E-state index in [4.69, 9.17) is 0 Å². The zero-order valence-electron chi connectivity index (χ0n) is 14.5. The van der Waals surface area contributed by atoms with Gasteiger partial charge in [-0.1, -0.05) is 18.7 Å². The monoisotopic (exact) mass is 396 g/mol. The van der Waals surface area contributed by atoms with Crippen molar-refractivity contribution in [2.24, 2.45) is 0 Å². The second-order valence-corrected chi connectivity index (χ2v) is 5.90. The van der Waals surface area contributed by atoms with Gasteiger partial charge < -0.3 is 5.32 Å². The number of nitrogens with one attached hydrogen (secondary N) is 1. The number of rotatable bonds is 5. The second-order valence-electron chi connectivity index (χ2n) is 5.90. The number of allylic oxidation sites excluding steroid dienone is 2. The van der Waals surface area contributed by atoms with Crippen LogP contribution in [0.3, 0.4) is 0 Å². The lowest BCUT2D eigenvalue weighted by molar-refractivity contribution is -0.137. The molecule has 2 rings (SSSR count). The molecule has 0 aliphatic heterocycles. The van der Waals surface area contributed by atoms with Crippen LogP contribution in [0.1, 0.15) is 29.7 Å². The summed E-state index contributed by atoms with van der Waals surface area (Å²) in [6.07, 6.45) is -3.26. The summed E-state index contributed by atoms with van der Waals surface area (Å²) in [7, 11) is 0. The van der Waals surface area contributed by atoms with Crippen LogP contribution in [0.15, 0.2) is 54.8 Å². The van der Waals surface area contributed by atoms with Crippen molar-refractivity contribution in [2.75, 3.05) is 0 Å². The van der Waals surface area contributed by atoms with Gasteiger partial charge in [-0.25, -0.2) is 13.2 Å². The number of nitriles is 1. The molecule has 1 N–H and O–H groups in total. The molecule has 2 nitrogen and oxygen atoms in total. The Bertz CT molecular complexity index is 952. The van der Waals surface area contributed by atoms with Gasteiger partial charge >= 0.3 is 6.18 Å². The maximum Gasteiger partial charge on any atom is 0.416 e. The molecule has 8 heteroatoms. The zero-order valence-corrected chi connectivity index (χ0v) is 14.5. The lowest BCUT2D eigenvalue weighted by Gasteiger charge is -2.15. The van der Waals surface area contributed by atoms with Gasteiger partial charge in [-0.05, 0) is 36.3 Å². The molecule has 0 fully saturated rings. The van der Waals surface area contributed by atoms with E-state index in [9.17, 15) is 31.6 Å². The normalized spacial score (nSPS) is 13.0. The van der Waals surface area contributed by atoms with Crippen molar-refractivity contribution in [3.05, 3.63) is 88.9 Å². The third-order valence-corrected chi connectivity index (χ3v) is 4.00. The molecule has 2 aromatic rings. The van der Waals surface area contributed by atoms with Gasteiger partial charge in [0.2, 0.25) is 0 Å². The molecule has 0 spiro atoms. The first kappa shape index (κ1) is 21.1. The van der Waals surface area contributed by atoms with Gasteiger partial charge in [0.05, 0.1) is 11.1 Å². The van der Waals surface area contributed by atoms with E-state index in [0.29, 0.717) is 17.7 Å². The maximum atomic E-state index is 13.9. The van der Waals surface area contributed by atoms with Crippen LogP contribution in [0.4, 0.5) is 26.3 Å². The smallest absolute Gasteiger partial charge is 0.383 e. The van der Waals surface area contributed by atoms with Crippen LogP contribution >= 0.6 is 0 Å². The zero-order chi connectivity index (χ0) is 21.1. The van der Waals surface area contributed by atoms with E-state index in [0.717, 1.165) is 12.1 Å². The fourth-order valence-corrected chi connectivity index (χ4v) is 2.35. The van der Waals surface area contributed by atoms with Crippen molar-refractivity contribution in [3.8, 4) is 6.07 Å². The van der Waals surface area contributed by atoms with Crippen LogP contribution in [0.25, 0.3) is 5.57 Å². The number of nitrogens with zero attached hydrogens (tertiary/aromatic N) is 1. The van der Waals surface area contributed by atoms with E-state index >= 15 is 0 Å². The molecule has 0 bridgehead atoms. The minimum absolute atomic E-state index is 0.149. The Balaban J connectivity index is 2.20. The Morgan fingerprint density at radius 1 is 1.07 bits per heavy atom. The summed E-state index contributed by atoms with van der Waals surface area (Å²) in [6.45, 7) is 5.17. The first-order valence-corrected chi connectivity index (χ1v) is 7.92. The minimum atomic E-state index is -4.45. The summed E-state index contributed by atoms with van der Waals surface area (Å²) >= 11 is 0. The average Bonchev–Trinajstić information content (AvgIpc) is 2.64.